The monoisotopic (exact) mass is 453 g/mol. The molecule has 3 heterocycles. The number of aromatic nitrogens is 4. The van der Waals surface area contributed by atoms with Gasteiger partial charge in [0.05, 0.1) is 17.1 Å². The number of likely N-dealkylation sites (N-methyl/N-ethyl adjacent to an activating group) is 2. The Balaban J connectivity index is 1.95. The molecule has 3 aromatic rings. The molecule has 0 aromatic carbocycles. The van der Waals surface area contributed by atoms with Gasteiger partial charge in [0.2, 0.25) is 0 Å². The fourth-order valence-electron chi connectivity index (χ4n) is 3.72. The van der Waals surface area contributed by atoms with Crippen molar-refractivity contribution < 1.29 is 4.79 Å². The van der Waals surface area contributed by atoms with Crippen LogP contribution >= 0.6 is 0 Å². The summed E-state index contributed by atoms with van der Waals surface area (Å²) in [4.78, 5) is 37.5. The van der Waals surface area contributed by atoms with Crippen molar-refractivity contribution in [1.82, 2.24) is 30.0 Å². The maximum Gasteiger partial charge on any atom is 0.253 e. The predicted molar refractivity (Wildman–Crippen MR) is 132 cm³/mol. The molecule has 0 bridgehead atoms. The molecule has 0 atom stereocenters. The Labute approximate surface area is 194 Å². The highest BCUT2D eigenvalue weighted by Gasteiger charge is 2.20. The van der Waals surface area contributed by atoms with Crippen LogP contribution in [0.4, 0.5) is 5.82 Å². The lowest BCUT2D eigenvalue weighted by Gasteiger charge is -2.23. The summed E-state index contributed by atoms with van der Waals surface area (Å²) in [6, 6.07) is 3.81. The number of aromatic amines is 1. The molecule has 33 heavy (non-hydrogen) atoms. The van der Waals surface area contributed by atoms with Crippen molar-refractivity contribution in [2.24, 2.45) is 0 Å². The maximum atomic E-state index is 13.3. The van der Waals surface area contributed by atoms with E-state index in [1.807, 2.05) is 51.6 Å². The summed E-state index contributed by atoms with van der Waals surface area (Å²) in [7, 11) is 4.05. The highest BCUT2D eigenvalue weighted by molar-refractivity contribution is 6.06. The number of aryl methyl sites for hydroxylation is 2. The second kappa shape index (κ2) is 10.2. The highest BCUT2D eigenvalue weighted by atomic mass is 16.1. The van der Waals surface area contributed by atoms with Crippen molar-refractivity contribution in [1.29, 1.82) is 0 Å². The number of anilines is 1. The molecular formula is C24H35N7O2. The van der Waals surface area contributed by atoms with E-state index in [-0.39, 0.29) is 24.1 Å². The number of nitrogens with one attached hydrogen (secondary N) is 2. The molecule has 9 nitrogen and oxygen atoms in total. The Kier molecular flexibility index (Phi) is 7.53. The number of hydrogen-bond donors (Lipinski definition) is 2. The van der Waals surface area contributed by atoms with E-state index in [4.69, 9.17) is 4.98 Å². The number of rotatable bonds is 9. The van der Waals surface area contributed by atoms with Gasteiger partial charge < -0.3 is 20.1 Å². The molecule has 1 amide bonds. The molecule has 3 aromatic heterocycles. The van der Waals surface area contributed by atoms with Crippen molar-refractivity contribution in [3.05, 3.63) is 51.1 Å². The Hall–Kier alpha value is -3.20. The molecule has 0 unspecified atom stereocenters. The fraction of sp³-hybridized carbons (Fsp3) is 0.500. The molecule has 0 fully saturated rings. The fourth-order valence-corrected chi connectivity index (χ4v) is 3.72. The lowest BCUT2D eigenvalue weighted by atomic mass is 10.1. The van der Waals surface area contributed by atoms with Gasteiger partial charge in [0.15, 0.2) is 5.65 Å². The lowest BCUT2D eigenvalue weighted by Crippen LogP contribution is -2.31. The summed E-state index contributed by atoms with van der Waals surface area (Å²) in [5.41, 5.74) is 3.19. The first kappa shape index (κ1) is 24.4. The van der Waals surface area contributed by atoms with Gasteiger partial charge in [-0.2, -0.15) is 5.10 Å². The van der Waals surface area contributed by atoms with Crippen LogP contribution in [0.5, 0.6) is 0 Å². The van der Waals surface area contributed by atoms with Gasteiger partial charge in [-0.25, -0.2) is 9.67 Å². The van der Waals surface area contributed by atoms with Gasteiger partial charge in [-0.3, -0.25) is 9.59 Å². The van der Waals surface area contributed by atoms with Crippen molar-refractivity contribution in [2.75, 3.05) is 38.6 Å². The molecule has 0 saturated heterocycles. The van der Waals surface area contributed by atoms with Crippen LogP contribution < -0.4 is 15.8 Å². The van der Waals surface area contributed by atoms with E-state index in [0.717, 1.165) is 30.9 Å². The second-order valence-corrected chi connectivity index (χ2v) is 8.89. The highest BCUT2D eigenvalue weighted by Crippen LogP contribution is 2.24. The van der Waals surface area contributed by atoms with Crippen LogP contribution in [0.15, 0.2) is 23.1 Å². The largest absolute Gasteiger partial charge is 0.358 e. The number of hydrogen-bond acceptors (Lipinski definition) is 6. The average molecular weight is 454 g/mol. The van der Waals surface area contributed by atoms with Gasteiger partial charge in [0.25, 0.3) is 11.5 Å². The smallest absolute Gasteiger partial charge is 0.253 e. The minimum Gasteiger partial charge on any atom is -0.358 e. The van der Waals surface area contributed by atoms with E-state index >= 15 is 0 Å². The first-order valence-corrected chi connectivity index (χ1v) is 11.4. The molecule has 3 rings (SSSR count). The van der Waals surface area contributed by atoms with Crippen LogP contribution in [0.1, 0.15) is 54.0 Å². The minimum absolute atomic E-state index is 0.103. The topological polar surface area (TPSA) is 99.1 Å². The van der Waals surface area contributed by atoms with E-state index in [9.17, 15) is 9.59 Å². The second-order valence-electron chi connectivity index (χ2n) is 8.89. The van der Waals surface area contributed by atoms with Gasteiger partial charge in [-0.15, -0.1) is 0 Å². The molecule has 0 saturated carbocycles. The summed E-state index contributed by atoms with van der Waals surface area (Å²) < 4.78 is 1.83. The van der Waals surface area contributed by atoms with Crippen LogP contribution in [-0.4, -0.2) is 64.3 Å². The van der Waals surface area contributed by atoms with Crippen LogP contribution in [0, 0.1) is 13.8 Å². The van der Waals surface area contributed by atoms with E-state index < -0.39 is 0 Å². The zero-order chi connectivity index (χ0) is 24.3. The minimum atomic E-state index is -0.259. The number of H-pyrrole nitrogens is 1. The number of carbonyl (C=O) groups excluding carboxylic acids is 1. The third-order valence-electron chi connectivity index (χ3n) is 5.95. The van der Waals surface area contributed by atoms with E-state index in [1.165, 1.54) is 0 Å². The van der Waals surface area contributed by atoms with Gasteiger partial charge in [-0.1, -0.05) is 6.92 Å². The molecule has 0 aliphatic heterocycles. The van der Waals surface area contributed by atoms with E-state index in [1.54, 1.807) is 6.20 Å². The first-order valence-electron chi connectivity index (χ1n) is 11.4. The molecule has 0 aliphatic rings. The molecule has 0 radical (unpaired) electrons. The molecule has 178 valence electrons. The van der Waals surface area contributed by atoms with Crippen molar-refractivity contribution in [2.45, 2.75) is 47.2 Å². The Morgan fingerprint density at radius 2 is 1.94 bits per heavy atom. The van der Waals surface area contributed by atoms with Gasteiger partial charge >= 0.3 is 0 Å². The van der Waals surface area contributed by atoms with E-state index in [0.29, 0.717) is 28.0 Å². The van der Waals surface area contributed by atoms with Crippen LogP contribution in [0.25, 0.3) is 11.0 Å². The number of carbonyl (C=O) groups is 1. The van der Waals surface area contributed by atoms with Crippen LogP contribution in [-0.2, 0) is 6.54 Å². The number of pyridine rings is 2. The Bertz CT molecular complexity index is 1200. The Morgan fingerprint density at radius 1 is 1.21 bits per heavy atom. The zero-order valence-electron chi connectivity index (χ0n) is 20.7. The van der Waals surface area contributed by atoms with Crippen molar-refractivity contribution in [3.8, 4) is 0 Å². The normalized spacial score (nSPS) is 11.5. The summed E-state index contributed by atoms with van der Waals surface area (Å²) in [5, 5.41) is 8.09. The third kappa shape index (κ3) is 5.42. The SMILES string of the molecule is CCN(C)CCN(C)c1cc(C(=O)NCc2c(C)cc(C)[nH]c2=O)c2cnn(C(C)C)c2n1. The van der Waals surface area contributed by atoms with Crippen molar-refractivity contribution >= 4 is 22.8 Å². The molecular weight excluding hydrogens is 418 g/mol. The van der Waals surface area contributed by atoms with Gasteiger partial charge in [0, 0.05) is 44.0 Å². The number of amides is 1. The molecule has 0 aliphatic carbocycles. The number of fused-ring (bicyclic) bond motifs is 1. The zero-order valence-corrected chi connectivity index (χ0v) is 20.7. The number of nitrogens with zero attached hydrogens (tertiary/aromatic N) is 5. The first-order chi connectivity index (χ1) is 15.6. The van der Waals surface area contributed by atoms with E-state index in [2.05, 4.69) is 39.2 Å². The third-order valence-corrected chi connectivity index (χ3v) is 5.95. The molecule has 2 N–H and O–H groups in total. The predicted octanol–water partition coefficient (Wildman–Crippen LogP) is 2.64. The summed E-state index contributed by atoms with van der Waals surface area (Å²) in [5.74, 6) is 0.453. The maximum absolute atomic E-state index is 13.3. The van der Waals surface area contributed by atoms with Crippen molar-refractivity contribution in [3.63, 3.8) is 0 Å². The van der Waals surface area contributed by atoms with Crippen LogP contribution in [0.3, 0.4) is 0 Å². The van der Waals surface area contributed by atoms with Gasteiger partial charge in [0.1, 0.15) is 5.82 Å². The summed E-state index contributed by atoms with van der Waals surface area (Å²) in [6.07, 6.45) is 1.69. The Morgan fingerprint density at radius 3 is 2.58 bits per heavy atom. The van der Waals surface area contributed by atoms with Crippen LogP contribution in [0.2, 0.25) is 0 Å². The lowest BCUT2D eigenvalue weighted by molar-refractivity contribution is 0.0952. The average Bonchev–Trinajstić information content (AvgIpc) is 3.19. The summed E-state index contributed by atoms with van der Waals surface area (Å²) in [6.45, 7) is 12.7. The summed E-state index contributed by atoms with van der Waals surface area (Å²) >= 11 is 0. The molecule has 9 heteroatoms. The van der Waals surface area contributed by atoms with Gasteiger partial charge in [-0.05, 0) is 59.0 Å². The standard InChI is InChI=1S/C24H35N7O2/c1-8-29(6)9-10-30(7)21-12-18(20-14-26-31(15(2)3)22(20)28-21)23(32)25-13-19-16(4)11-17(5)27-24(19)33/h11-12,14-15H,8-10,13H2,1-7H3,(H,25,32)(H,27,33). The quantitative estimate of drug-likeness (QED) is 0.517. The molecule has 0 spiro atoms.